The number of fused-ring (bicyclic) bond motifs is 1. The number of hydrogen-bond donors (Lipinski definition) is 2. The summed E-state index contributed by atoms with van der Waals surface area (Å²) in [6.45, 7) is 8.15. The van der Waals surface area contributed by atoms with Crippen LogP contribution in [0.1, 0.15) is 80.5 Å². The van der Waals surface area contributed by atoms with Gasteiger partial charge in [0.2, 0.25) is 0 Å². The molecule has 2 atom stereocenters. The van der Waals surface area contributed by atoms with Crippen LogP contribution in [-0.2, 0) is 10.3 Å². The first-order valence-electron chi connectivity index (χ1n) is 10.1. The minimum atomic E-state index is -0.777. The van der Waals surface area contributed by atoms with Gasteiger partial charge in [-0.05, 0) is 65.9 Å². The molecule has 2 aromatic rings. The molecule has 0 saturated heterocycles. The minimum absolute atomic E-state index is 0.0980. The molecule has 0 bridgehead atoms. The van der Waals surface area contributed by atoms with Crippen molar-refractivity contribution in [3.8, 4) is 0 Å². The molecule has 2 heterocycles. The first-order valence-corrected chi connectivity index (χ1v) is 10.1. The smallest absolute Gasteiger partial charge is 0.306 e. The number of carboxylic acid groups (broad SMARTS) is 1. The van der Waals surface area contributed by atoms with Gasteiger partial charge in [-0.3, -0.25) is 9.59 Å². The van der Waals surface area contributed by atoms with Gasteiger partial charge in [0.05, 0.1) is 28.1 Å². The summed E-state index contributed by atoms with van der Waals surface area (Å²) in [6.07, 6.45) is 4.01. The van der Waals surface area contributed by atoms with E-state index in [2.05, 4.69) is 31.2 Å². The van der Waals surface area contributed by atoms with Crippen molar-refractivity contribution in [3.63, 3.8) is 0 Å². The van der Waals surface area contributed by atoms with E-state index in [4.69, 9.17) is 4.98 Å². The van der Waals surface area contributed by atoms with E-state index in [1.165, 1.54) is 0 Å². The van der Waals surface area contributed by atoms with Gasteiger partial charge in [-0.25, -0.2) is 9.67 Å². The Balaban J connectivity index is 1.72. The van der Waals surface area contributed by atoms with Crippen LogP contribution in [0.15, 0.2) is 6.07 Å². The summed E-state index contributed by atoms with van der Waals surface area (Å²) < 4.78 is 1.91. The number of carboxylic acids is 1. The molecule has 28 heavy (non-hydrogen) atoms. The summed E-state index contributed by atoms with van der Waals surface area (Å²) in [5.41, 5.74) is 2.88. The minimum Gasteiger partial charge on any atom is -0.481 e. The van der Waals surface area contributed by atoms with Crippen molar-refractivity contribution in [3.05, 3.63) is 23.0 Å². The van der Waals surface area contributed by atoms with Crippen molar-refractivity contribution in [2.75, 3.05) is 0 Å². The SMILES string of the molecule is Cc1nn(C(C)(C)C)c2nc(C3CC3)cc(C(=O)N[C@@H]3CC[C@H](C(=O)O)C3)c12. The van der Waals surface area contributed by atoms with Gasteiger partial charge in [-0.1, -0.05) is 0 Å². The third kappa shape index (κ3) is 3.38. The molecule has 1 amide bonds. The number of carbonyl (C=O) groups excluding carboxylic acids is 1. The monoisotopic (exact) mass is 384 g/mol. The van der Waals surface area contributed by atoms with Crippen LogP contribution in [0.3, 0.4) is 0 Å². The molecule has 0 aromatic carbocycles. The van der Waals surface area contributed by atoms with Gasteiger partial charge in [0.15, 0.2) is 5.65 Å². The van der Waals surface area contributed by atoms with Crippen LogP contribution in [0.5, 0.6) is 0 Å². The Kier molecular flexibility index (Phi) is 4.43. The van der Waals surface area contributed by atoms with Crippen LogP contribution < -0.4 is 5.32 Å². The average molecular weight is 384 g/mol. The maximum atomic E-state index is 13.2. The summed E-state index contributed by atoms with van der Waals surface area (Å²) >= 11 is 0. The van der Waals surface area contributed by atoms with Crippen molar-refractivity contribution in [2.24, 2.45) is 5.92 Å². The quantitative estimate of drug-likeness (QED) is 0.842. The van der Waals surface area contributed by atoms with Crippen molar-refractivity contribution in [1.29, 1.82) is 0 Å². The van der Waals surface area contributed by atoms with Crippen molar-refractivity contribution in [1.82, 2.24) is 20.1 Å². The molecule has 0 unspecified atom stereocenters. The fraction of sp³-hybridized carbons (Fsp3) is 0.619. The molecular formula is C21H28N4O3. The molecule has 2 fully saturated rings. The molecule has 2 aliphatic rings. The Morgan fingerprint density at radius 3 is 2.50 bits per heavy atom. The maximum absolute atomic E-state index is 13.2. The highest BCUT2D eigenvalue weighted by Crippen LogP contribution is 2.41. The van der Waals surface area contributed by atoms with Crippen molar-refractivity contribution in [2.45, 2.75) is 77.3 Å². The van der Waals surface area contributed by atoms with Gasteiger partial charge in [0.25, 0.3) is 5.91 Å². The molecule has 0 aliphatic heterocycles. The van der Waals surface area contributed by atoms with Gasteiger partial charge < -0.3 is 10.4 Å². The maximum Gasteiger partial charge on any atom is 0.306 e. The van der Waals surface area contributed by atoms with E-state index >= 15 is 0 Å². The van der Waals surface area contributed by atoms with Crippen molar-refractivity contribution >= 4 is 22.9 Å². The van der Waals surface area contributed by atoms with Gasteiger partial charge in [0, 0.05) is 17.7 Å². The Bertz CT molecular complexity index is 953. The van der Waals surface area contributed by atoms with Gasteiger partial charge in [0.1, 0.15) is 0 Å². The molecule has 2 aromatic heterocycles. The molecule has 7 nitrogen and oxygen atoms in total. The zero-order valence-electron chi connectivity index (χ0n) is 17.0. The zero-order valence-corrected chi connectivity index (χ0v) is 17.0. The lowest BCUT2D eigenvalue weighted by Crippen LogP contribution is -2.33. The molecule has 7 heteroatoms. The van der Waals surface area contributed by atoms with Crippen molar-refractivity contribution < 1.29 is 14.7 Å². The van der Waals surface area contributed by atoms with E-state index in [0.717, 1.165) is 35.3 Å². The summed E-state index contributed by atoms with van der Waals surface area (Å²) in [4.78, 5) is 29.3. The van der Waals surface area contributed by atoms with Crippen LogP contribution in [0, 0.1) is 12.8 Å². The van der Waals surface area contributed by atoms with Gasteiger partial charge in [-0.15, -0.1) is 0 Å². The standard InChI is InChI=1S/C21H28N4O3/c1-11-17-15(19(26)22-14-8-7-13(9-14)20(27)28)10-16(12-5-6-12)23-18(17)25(24-11)21(2,3)4/h10,12-14H,5-9H2,1-4H3,(H,22,26)(H,27,28)/t13-,14+/m0/s1. The zero-order chi connectivity index (χ0) is 20.2. The van der Waals surface area contributed by atoms with E-state index < -0.39 is 5.97 Å². The lowest BCUT2D eigenvalue weighted by molar-refractivity contribution is -0.141. The lowest BCUT2D eigenvalue weighted by Gasteiger charge is -2.20. The third-order valence-corrected chi connectivity index (χ3v) is 5.83. The topological polar surface area (TPSA) is 97.1 Å². The lowest BCUT2D eigenvalue weighted by atomic mass is 10.1. The number of aromatic nitrogens is 3. The molecule has 150 valence electrons. The van der Waals surface area contributed by atoms with E-state index in [1.807, 2.05) is 17.7 Å². The summed E-state index contributed by atoms with van der Waals surface area (Å²) in [6, 6.07) is 1.82. The van der Waals surface area contributed by atoms with Crippen LogP contribution in [-0.4, -0.2) is 37.8 Å². The number of nitrogens with one attached hydrogen (secondary N) is 1. The Morgan fingerprint density at radius 1 is 1.21 bits per heavy atom. The second-order valence-electron chi connectivity index (χ2n) is 9.25. The molecular weight excluding hydrogens is 356 g/mol. The number of rotatable bonds is 4. The fourth-order valence-electron chi connectivity index (χ4n) is 4.14. The largest absolute Gasteiger partial charge is 0.481 e. The fourth-order valence-corrected chi connectivity index (χ4v) is 4.14. The van der Waals surface area contributed by atoms with E-state index in [0.29, 0.717) is 30.7 Å². The third-order valence-electron chi connectivity index (χ3n) is 5.83. The number of nitrogens with zero attached hydrogens (tertiary/aromatic N) is 3. The first-order chi connectivity index (χ1) is 13.1. The van der Waals surface area contributed by atoms with Gasteiger partial charge in [-0.2, -0.15) is 5.10 Å². The molecule has 2 saturated carbocycles. The van der Waals surface area contributed by atoms with E-state index in [1.54, 1.807) is 0 Å². The number of aryl methyl sites for hydroxylation is 1. The van der Waals surface area contributed by atoms with Gasteiger partial charge >= 0.3 is 5.97 Å². The molecule has 0 spiro atoms. The predicted molar refractivity (Wildman–Crippen MR) is 105 cm³/mol. The Morgan fingerprint density at radius 2 is 1.93 bits per heavy atom. The molecule has 4 rings (SSSR count). The molecule has 2 N–H and O–H groups in total. The normalized spacial score (nSPS) is 22.6. The summed E-state index contributed by atoms with van der Waals surface area (Å²) in [7, 11) is 0. The second kappa shape index (κ2) is 6.57. The summed E-state index contributed by atoms with van der Waals surface area (Å²) in [5.74, 6) is -0.874. The van der Waals surface area contributed by atoms with E-state index in [-0.39, 0.29) is 23.4 Å². The number of aliphatic carboxylic acids is 1. The van der Waals surface area contributed by atoms with Crippen LogP contribution in [0.2, 0.25) is 0 Å². The highest BCUT2D eigenvalue weighted by Gasteiger charge is 2.33. The Hall–Kier alpha value is -2.44. The number of hydrogen-bond acceptors (Lipinski definition) is 4. The van der Waals surface area contributed by atoms with Crippen LogP contribution in [0.25, 0.3) is 11.0 Å². The van der Waals surface area contributed by atoms with E-state index in [9.17, 15) is 14.7 Å². The number of pyridine rings is 1. The highest BCUT2D eigenvalue weighted by atomic mass is 16.4. The highest BCUT2D eigenvalue weighted by molar-refractivity contribution is 6.06. The molecule has 2 aliphatic carbocycles. The molecule has 0 radical (unpaired) electrons. The Labute approximate surface area is 164 Å². The second-order valence-corrected chi connectivity index (χ2v) is 9.25. The van der Waals surface area contributed by atoms with Crippen LogP contribution in [0.4, 0.5) is 0 Å². The average Bonchev–Trinajstić information content (AvgIpc) is 3.26. The predicted octanol–water partition coefficient (Wildman–Crippen LogP) is 3.36. The first kappa shape index (κ1) is 18.9. The number of amides is 1. The van der Waals surface area contributed by atoms with Crippen LogP contribution >= 0.6 is 0 Å². The number of carbonyl (C=O) groups is 2. The summed E-state index contributed by atoms with van der Waals surface area (Å²) in [5, 5.41) is 17.8.